The van der Waals surface area contributed by atoms with Crippen molar-refractivity contribution in [2.75, 3.05) is 26.2 Å². The lowest BCUT2D eigenvalue weighted by molar-refractivity contribution is 0.0946. The highest BCUT2D eigenvalue weighted by Crippen LogP contribution is 2.30. The van der Waals surface area contributed by atoms with Gasteiger partial charge < -0.3 is 15.0 Å². The first kappa shape index (κ1) is 22.6. The quantitative estimate of drug-likeness (QED) is 0.394. The number of nitrogens with zero attached hydrogens (tertiary/aromatic N) is 5. The molecule has 0 aliphatic carbocycles. The molecule has 0 saturated carbocycles. The molecule has 1 saturated heterocycles. The van der Waals surface area contributed by atoms with E-state index in [9.17, 15) is 4.79 Å². The van der Waals surface area contributed by atoms with Crippen LogP contribution in [0.5, 0.6) is 0 Å². The molecule has 4 aromatic rings. The Kier molecular flexibility index (Phi) is 6.60. The van der Waals surface area contributed by atoms with Gasteiger partial charge in [-0.25, -0.2) is 4.68 Å². The van der Waals surface area contributed by atoms with Gasteiger partial charge in [0.2, 0.25) is 0 Å². The molecule has 0 bridgehead atoms. The van der Waals surface area contributed by atoms with E-state index in [1.165, 1.54) is 27.4 Å². The minimum Gasteiger partial charge on any atom is -0.396 e. The number of likely N-dealkylation sites (tertiary alicyclic amines) is 1. The van der Waals surface area contributed by atoms with Crippen LogP contribution >= 0.6 is 0 Å². The Morgan fingerprint density at radius 1 is 1.12 bits per heavy atom. The third-order valence-electron chi connectivity index (χ3n) is 6.85. The van der Waals surface area contributed by atoms with Crippen molar-refractivity contribution in [3.05, 3.63) is 59.9 Å². The summed E-state index contributed by atoms with van der Waals surface area (Å²) in [6.45, 7) is 6.56. The molecular formula is C26H32N6O2. The molecule has 1 amide bonds. The highest BCUT2D eigenvalue weighted by Gasteiger charge is 2.23. The Morgan fingerprint density at radius 3 is 2.71 bits per heavy atom. The molecule has 0 spiro atoms. The Labute approximate surface area is 199 Å². The van der Waals surface area contributed by atoms with Crippen LogP contribution in [0.25, 0.3) is 21.8 Å². The van der Waals surface area contributed by atoms with Gasteiger partial charge in [0.05, 0.1) is 12.2 Å². The summed E-state index contributed by atoms with van der Waals surface area (Å²) >= 11 is 0. The Hall–Kier alpha value is -3.23. The fourth-order valence-electron chi connectivity index (χ4n) is 5.07. The zero-order valence-electron chi connectivity index (χ0n) is 19.7. The molecule has 1 aliphatic heterocycles. The maximum atomic E-state index is 12.1. The van der Waals surface area contributed by atoms with Gasteiger partial charge in [-0.1, -0.05) is 29.5 Å². The smallest absolute Gasteiger partial charge is 0.273 e. The van der Waals surface area contributed by atoms with Gasteiger partial charge in [0.25, 0.3) is 5.91 Å². The van der Waals surface area contributed by atoms with Crippen molar-refractivity contribution in [2.24, 2.45) is 0 Å². The molecule has 5 rings (SSSR count). The fraction of sp³-hybridized carbons (Fsp3) is 0.423. The van der Waals surface area contributed by atoms with Gasteiger partial charge in [0, 0.05) is 61.1 Å². The maximum absolute atomic E-state index is 12.1. The van der Waals surface area contributed by atoms with Gasteiger partial charge in [-0.3, -0.25) is 9.69 Å². The van der Waals surface area contributed by atoms with E-state index in [1.807, 2.05) is 4.68 Å². The molecule has 0 radical (unpaired) electrons. The van der Waals surface area contributed by atoms with E-state index in [1.54, 1.807) is 6.20 Å². The van der Waals surface area contributed by atoms with Crippen LogP contribution in [-0.2, 0) is 13.1 Å². The van der Waals surface area contributed by atoms with Crippen LogP contribution in [0.3, 0.4) is 0 Å². The third kappa shape index (κ3) is 4.43. The maximum Gasteiger partial charge on any atom is 0.273 e. The summed E-state index contributed by atoms with van der Waals surface area (Å²) in [7, 11) is 0. The van der Waals surface area contributed by atoms with Crippen LogP contribution in [0, 0.1) is 0 Å². The fourth-order valence-corrected chi connectivity index (χ4v) is 5.07. The second-order valence-corrected chi connectivity index (χ2v) is 9.04. The van der Waals surface area contributed by atoms with Gasteiger partial charge >= 0.3 is 0 Å². The van der Waals surface area contributed by atoms with Crippen molar-refractivity contribution >= 4 is 27.7 Å². The average molecular weight is 461 g/mol. The first-order chi connectivity index (χ1) is 16.7. The summed E-state index contributed by atoms with van der Waals surface area (Å²) in [6, 6.07) is 15.8. The molecule has 2 N–H and O–H groups in total. The van der Waals surface area contributed by atoms with Crippen molar-refractivity contribution in [1.82, 2.24) is 29.8 Å². The molecule has 8 heteroatoms. The zero-order chi connectivity index (χ0) is 23.5. The summed E-state index contributed by atoms with van der Waals surface area (Å²) < 4.78 is 4.23. The lowest BCUT2D eigenvalue weighted by Gasteiger charge is -2.31. The van der Waals surface area contributed by atoms with Crippen molar-refractivity contribution < 1.29 is 9.90 Å². The predicted octanol–water partition coefficient (Wildman–Crippen LogP) is 3.36. The van der Waals surface area contributed by atoms with Crippen LogP contribution in [0.1, 0.15) is 48.3 Å². The monoisotopic (exact) mass is 460 g/mol. The van der Waals surface area contributed by atoms with Crippen molar-refractivity contribution in [2.45, 2.75) is 45.3 Å². The molecule has 8 nitrogen and oxygen atoms in total. The number of benzene rings is 2. The number of hydrogen-bond acceptors (Lipinski definition) is 5. The summed E-state index contributed by atoms with van der Waals surface area (Å²) in [5.74, 6) is -0.239. The molecule has 2 aromatic carbocycles. The van der Waals surface area contributed by atoms with Crippen LogP contribution in [0.15, 0.2) is 48.7 Å². The van der Waals surface area contributed by atoms with E-state index in [2.05, 4.69) is 74.5 Å². The van der Waals surface area contributed by atoms with Crippen LogP contribution < -0.4 is 5.32 Å². The Bertz CT molecular complexity index is 1290. The largest absolute Gasteiger partial charge is 0.396 e. The SMILES string of the molecule is CCn1c2ccccc2c2cc(CN3CCC(n4cc(C(=O)NCCCO)nn4)CC3)ccc21. The van der Waals surface area contributed by atoms with E-state index in [-0.39, 0.29) is 18.6 Å². The molecule has 0 atom stereocenters. The lowest BCUT2D eigenvalue weighted by atomic mass is 10.0. The molecule has 0 unspecified atom stereocenters. The number of aryl methyl sites for hydroxylation is 1. The molecular weight excluding hydrogens is 428 g/mol. The minimum absolute atomic E-state index is 0.0570. The second kappa shape index (κ2) is 9.95. The highest BCUT2D eigenvalue weighted by atomic mass is 16.3. The normalized spacial score (nSPS) is 15.4. The summed E-state index contributed by atoms with van der Waals surface area (Å²) in [5, 5.41) is 22.5. The number of rotatable bonds is 8. The molecule has 178 valence electrons. The number of aliphatic hydroxyl groups is 1. The molecule has 2 aromatic heterocycles. The molecule has 34 heavy (non-hydrogen) atoms. The third-order valence-corrected chi connectivity index (χ3v) is 6.85. The average Bonchev–Trinajstić information content (AvgIpc) is 3.48. The lowest BCUT2D eigenvalue weighted by Crippen LogP contribution is -2.34. The molecule has 1 aliphatic rings. The first-order valence-electron chi connectivity index (χ1n) is 12.2. The van der Waals surface area contributed by atoms with Gasteiger partial charge in [0.1, 0.15) is 0 Å². The first-order valence-corrected chi connectivity index (χ1v) is 12.2. The number of aliphatic hydroxyl groups excluding tert-OH is 1. The number of nitrogens with one attached hydrogen (secondary N) is 1. The number of amides is 1. The van der Waals surface area contributed by atoms with E-state index in [4.69, 9.17) is 5.11 Å². The highest BCUT2D eigenvalue weighted by molar-refractivity contribution is 6.08. The van der Waals surface area contributed by atoms with Gasteiger partial charge in [-0.15, -0.1) is 5.10 Å². The number of carbonyl (C=O) groups is 1. The second-order valence-electron chi connectivity index (χ2n) is 9.04. The van der Waals surface area contributed by atoms with Crippen molar-refractivity contribution in [3.63, 3.8) is 0 Å². The van der Waals surface area contributed by atoms with Crippen LogP contribution in [0.2, 0.25) is 0 Å². The Morgan fingerprint density at radius 2 is 1.91 bits per heavy atom. The standard InChI is InChI=1S/C26H32N6O2/c1-2-31-24-7-4-3-6-21(24)22-16-19(8-9-25(22)31)17-30-13-10-20(11-14-30)32-18-23(28-29-32)26(34)27-12-5-15-33/h3-4,6-9,16,18,20,33H,2,5,10-15,17H2,1H3,(H,27,34). The zero-order valence-corrected chi connectivity index (χ0v) is 19.7. The van der Waals surface area contributed by atoms with Gasteiger partial charge in [-0.2, -0.15) is 0 Å². The number of para-hydroxylation sites is 1. The summed E-state index contributed by atoms with van der Waals surface area (Å²) in [6.07, 6.45) is 4.23. The van der Waals surface area contributed by atoms with E-state index >= 15 is 0 Å². The number of carbonyl (C=O) groups excluding carboxylic acids is 1. The molecule has 1 fully saturated rings. The number of piperidine rings is 1. The van der Waals surface area contributed by atoms with E-state index < -0.39 is 0 Å². The summed E-state index contributed by atoms with van der Waals surface area (Å²) in [4.78, 5) is 14.6. The molecule has 3 heterocycles. The predicted molar refractivity (Wildman–Crippen MR) is 133 cm³/mol. The number of fused-ring (bicyclic) bond motifs is 3. The van der Waals surface area contributed by atoms with Crippen LogP contribution in [-0.4, -0.2) is 61.7 Å². The van der Waals surface area contributed by atoms with Crippen molar-refractivity contribution in [1.29, 1.82) is 0 Å². The van der Waals surface area contributed by atoms with Crippen molar-refractivity contribution in [3.8, 4) is 0 Å². The van der Waals surface area contributed by atoms with E-state index in [0.717, 1.165) is 39.0 Å². The summed E-state index contributed by atoms with van der Waals surface area (Å²) in [5.41, 5.74) is 4.27. The van der Waals surface area contributed by atoms with Gasteiger partial charge in [0.15, 0.2) is 5.69 Å². The number of aromatic nitrogens is 4. The van der Waals surface area contributed by atoms with Crippen LogP contribution in [0.4, 0.5) is 0 Å². The Balaban J connectivity index is 1.22. The number of hydrogen-bond donors (Lipinski definition) is 2. The topological polar surface area (TPSA) is 88.2 Å². The van der Waals surface area contributed by atoms with E-state index in [0.29, 0.717) is 18.7 Å². The minimum atomic E-state index is -0.239. The van der Waals surface area contributed by atoms with Gasteiger partial charge in [-0.05, 0) is 49.9 Å².